The molecule has 8 fully saturated rings. The maximum atomic E-state index is 10.9. The van der Waals surface area contributed by atoms with Crippen LogP contribution in [0.3, 0.4) is 0 Å². The molecule has 44 heavy (non-hydrogen) atoms. The van der Waals surface area contributed by atoms with E-state index in [9.17, 15) is 10.2 Å². The Hall–Kier alpha value is -0.280. The van der Waals surface area contributed by atoms with Crippen LogP contribution in [0.25, 0.3) is 0 Å². The maximum Gasteiger partial charge on any atom is 0.170 e. The van der Waals surface area contributed by atoms with E-state index in [2.05, 4.69) is 39.5 Å². The predicted octanol–water partition coefficient (Wildman–Crippen LogP) is 5.40. The van der Waals surface area contributed by atoms with Gasteiger partial charge < -0.3 is 29.2 Å². The van der Waals surface area contributed by atoms with Crippen LogP contribution >= 0.6 is 0 Å². The molecule has 0 aromatic carbocycles. The van der Waals surface area contributed by atoms with E-state index in [1.807, 2.05) is 0 Å². The van der Waals surface area contributed by atoms with Gasteiger partial charge in [0.25, 0.3) is 0 Å². The first kappa shape index (κ1) is 31.0. The summed E-state index contributed by atoms with van der Waals surface area (Å²) >= 11 is 0. The molecule has 7 nitrogen and oxygen atoms in total. The summed E-state index contributed by atoms with van der Waals surface area (Å²) in [5.74, 6) is 2.75. The van der Waals surface area contributed by atoms with Crippen LogP contribution < -0.4 is 0 Å². The number of aliphatic hydroxyl groups excluding tert-OH is 1. The Balaban J connectivity index is 1.02. The van der Waals surface area contributed by atoms with Gasteiger partial charge >= 0.3 is 0 Å². The second-order valence-corrected chi connectivity index (χ2v) is 18.5. The van der Waals surface area contributed by atoms with Crippen LogP contribution in [0.2, 0.25) is 0 Å². The van der Waals surface area contributed by atoms with Crippen LogP contribution in [0.5, 0.6) is 0 Å². The highest BCUT2D eigenvalue weighted by Crippen LogP contribution is 2.91. The van der Waals surface area contributed by atoms with Crippen molar-refractivity contribution in [1.29, 1.82) is 0 Å². The maximum absolute atomic E-state index is 10.9. The Morgan fingerprint density at radius 1 is 0.909 bits per heavy atom. The number of fused-ring (bicyclic) bond motifs is 4. The Morgan fingerprint density at radius 2 is 1.64 bits per heavy atom. The standard InChI is InChI=1S/C37H61NO6/c1-22-36-13-12-29(44-30-19-38(16-17-42-30)23-20-41-21-23)32(2,3)27(36)10-11-28-35(7)18-26-24(34(35,6)14-15-37(22,28)36)8-9-25(43-26)31(39)33(4,5)40/h22-31,39-40H,8-21H2,1-7H3/t22-,24+,25-,26-,27?,28+,29+,30?,31+,34-,35+,36?,37+/m1/s1. The van der Waals surface area contributed by atoms with E-state index in [0.29, 0.717) is 28.7 Å². The molecule has 3 saturated heterocycles. The number of rotatable bonds is 5. The van der Waals surface area contributed by atoms with Gasteiger partial charge in [0.2, 0.25) is 0 Å². The molecule has 13 atom stereocenters. The van der Waals surface area contributed by atoms with Gasteiger partial charge in [-0.1, -0.05) is 34.6 Å². The first-order chi connectivity index (χ1) is 20.7. The molecule has 0 aromatic heterocycles. The first-order valence-corrected chi connectivity index (χ1v) is 18.3. The number of hydrogen-bond donors (Lipinski definition) is 2. The molecule has 0 radical (unpaired) electrons. The molecule has 0 amide bonds. The van der Waals surface area contributed by atoms with Gasteiger partial charge in [-0.2, -0.15) is 0 Å². The normalized spacial score (nSPS) is 54.2. The van der Waals surface area contributed by atoms with Crippen molar-refractivity contribution in [3.63, 3.8) is 0 Å². The second-order valence-electron chi connectivity index (χ2n) is 18.5. The summed E-state index contributed by atoms with van der Waals surface area (Å²) < 4.78 is 25.4. The SMILES string of the molecule is C[C@@H]1C23CC[C@H](OC4CN(C5COC5)CCO4)C(C)(C)C2CC[C@@H]2[C@]13CC[C@]1(C)[C@H]3CC[C@H]([C@H](O)C(C)(C)O)O[C@@H]3C[C@@]21C. The van der Waals surface area contributed by atoms with Gasteiger partial charge in [-0.05, 0) is 122 Å². The van der Waals surface area contributed by atoms with E-state index >= 15 is 0 Å². The summed E-state index contributed by atoms with van der Waals surface area (Å²) in [6, 6.07) is 0.538. The van der Waals surface area contributed by atoms with Crippen molar-refractivity contribution in [1.82, 2.24) is 4.90 Å². The van der Waals surface area contributed by atoms with Gasteiger partial charge in [-0.25, -0.2) is 0 Å². The average Bonchev–Trinajstić information content (AvgIpc) is 3.36. The van der Waals surface area contributed by atoms with Gasteiger partial charge in [0.05, 0.1) is 56.3 Å². The molecule has 5 aliphatic carbocycles. The van der Waals surface area contributed by atoms with Crippen LogP contribution in [0.15, 0.2) is 0 Å². The lowest BCUT2D eigenvalue weighted by Crippen LogP contribution is -2.59. The molecule has 7 heteroatoms. The average molecular weight is 616 g/mol. The van der Waals surface area contributed by atoms with Crippen LogP contribution in [0.4, 0.5) is 0 Å². The summed E-state index contributed by atoms with van der Waals surface area (Å²) in [5, 5.41) is 21.5. The summed E-state index contributed by atoms with van der Waals surface area (Å²) in [4.78, 5) is 2.52. The van der Waals surface area contributed by atoms with Crippen molar-refractivity contribution >= 4 is 0 Å². The van der Waals surface area contributed by atoms with Crippen LogP contribution in [0.1, 0.15) is 106 Å². The highest BCUT2D eigenvalue weighted by atomic mass is 16.7. The van der Waals surface area contributed by atoms with Crippen molar-refractivity contribution in [3.8, 4) is 0 Å². The lowest BCUT2D eigenvalue weighted by atomic mass is 9.42. The summed E-state index contributed by atoms with van der Waals surface area (Å²) in [6.07, 6.45) is 10.0. The largest absolute Gasteiger partial charge is 0.388 e. The predicted molar refractivity (Wildman–Crippen MR) is 168 cm³/mol. The Morgan fingerprint density at radius 3 is 2.34 bits per heavy atom. The second kappa shape index (κ2) is 9.89. The molecule has 8 aliphatic rings. The minimum atomic E-state index is -1.14. The molecule has 0 bridgehead atoms. The minimum Gasteiger partial charge on any atom is -0.388 e. The highest BCUT2D eigenvalue weighted by Gasteiger charge is 2.86. The third-order valence-corrected chi connectivity index (χ3v) is 16.6. The van der Waals surface area contributed by atoms with Crippen LogP contribution in [-0.2, 0) is 18.9 Å². The molecular weight excluding hydrogens is 554 g/mol. The van der Waals surface area contributed by atoms with Crippen molar-refractivity contribution in [3.05, 3.63) is 0 Å². The minimum absolute atomic E-state index is 0.125. The first-order valence-electron chi connectivity index (χ1n) is 18.3. The molecule has 2 N–H and O–H groups in total. The molecule has 3 unspecified atom stereocenters. The van der Waals surface area contributed by atoms with Crippen molar-refractivity contribution < 1.29 is 29.2 Å². The van der Waals surface area contributed by atoms with Crippen molar-refractivity contribution in [2.45, 2.75) is 149 Å². The van der Waals surface area contributed by atoms with E-state index in [1.54, 1.807) is 13.8 Å². The third-order valence-electron chi connectivity index (χ3n) is 16.6. The van der Waals surface area contributed by atoms with E-state index < -0.39 is 11.7 Å². The Labute approximate surface area is 266 Å². The fourth-order valence-corrected chi connectivity index (χ4v) is 14.1. The highest BCUT2D eigenvalue weighted by molar-refractivity contribution is 5.34. The van der Waals surface area contributed by atoms with E-state index in [4.69, 9.17) is 18.9 Å². The quantitative estimate of drug-likeness (QED) is 0.429. The molecule has 3 heterocycles. The smallest absolute Gasteiger partial charge is 0.170 e. The van der Waals surface area contributed by atoms with Crippen molar-refractivity contribution in [2.24, 2.45) is 50.7 Å². The third kappa shape index (κ3) is 3.87. The topological polar surface area (TPSA) is 80.6 Å². The van der Waals surface area contributed by atoms with Gasteiger partial charge in [-0.3, -0.25) is 4.90 Å². The van der Waals surface area contributed by atoms with Gasteiger partial charge in [0.1, 0.15) is 6.10 Å². The van der Waals surface area contributed by atoms with Crippen molar-refractivity contribution in [2.75, 3.05) is 32.9 Å². The van der Waals surface area contributed by atoms with Gasteiger partial charge in [0, 0.05) is 6.54 Å². The van der Waals surface area contributed by atoms with Gasteiger partial charge in [-0.15, -0.1) is 0 Å². The fraction of sp³-hybridized carbons (Fsp3) is 1.00. The number of aliphatic hydroxyl groups is 2. The number of hydrogen-bond acceptors (Lipinski definition) is 7. The molecule has 8 rings (SSSR count). The molecule has 0 aromatic rings. The Kier molecular flexibility index (Phi) is 6.97. The van der Waals surface area contributed by atoms with E-state index in [-0.39, 0.29) is 40.8 Å². The fourth-order valence-electron chi connectivity index (χ4n) is 14.1. The lowest BCUT2D eigenvalue weighted by molar-refractivity contribution is -0.255. The zero-order chi connectivity index (χ0) is 31.1. The number of ether oxygens (including phenoxy) is 4. The zero-order valence-electron chi connectivity index (χ0n) is 28.6. The Bertz CT molecular complexity index is 1140. The van der Waals surface area contributed by atoms with Gasteiger partial charge in [0.15, 0.2) is 6.29 Å². The summed E-state index contributed by atoms with van der Waals surface area (Å²) in [6.45, 7) is 20.7. The van der Waals surface area contributed by atoms with E-state index in [0.717, 1.165) is 70.4 Å². The van der Waals surface area contributed by atoms with Crippen LogP contribution in [0, 0.1) is 50.7 Å². The summed E-state index contributed by atoms with van der Waals surface area (Å²) in [7, 11) is 0. The molecule has 2 spiro atoms. The number of morpholine rings is 1. The number of nitrogens with zero attached hydrogens (tertiary/aromatic N) is 1. The van der Waals surface area contributed by atoms with Crippen LogP contribution in [-0.4, -0.2) is 90.4 Å². The lowest BCUT2D eigenvalue weighted by Gasteiger charge is -2.63. The molecular formula is C37H61NO6. The monoisotopic (exact) mass is 615 g/mol. The molecule has 250 valence electrons. The molecule has 3 aliphatic heterocycles. The summed E-state index contributed by atoms with van der Waals surface area (Å²) in [5.41, 5.74) is 0.383. The molecule has 5 saturated carbocycles. The zero-order valence-corrected chi connectivity index (χ0v) is 28.6. The van der Waals surface area contributed by atoms with E-state index in [1.165, 1.54) is 32.1 Å².